The molecular formula is C10H12N2O3. The highest BCUT2D eigenvalue weighted by Crippen LogP contribution is 2.23. The minimum atomic E-state index is -0.512. The highest BCUT2D eigenvalue weighted by Gasteiger charge is 2.13. The number of nitro benzene ring substituents is 1. The van der Waals surface area contributed by atoms with Gasteiger partial charge in [0.1, 0.15) is 5.69 Å². The van der Waals surface area contributed by atoms with Gasteiger partial charge in [-0.15, -0.1) is 0 Å². The third-order valence-electron chi connectivity index (χ3n) is 1.85. The number of carbonyl (C=O) groups excluding carboxylic acids is 1. The van der Waals surface area contributed by atoms with Gasteiger partial charge in [0.05, 0.1) is 4.92 Å². The minimum Gasteiger partial charge on any atom is -0.320 e. The molecule has 5 heteroatoms. The Kier molecular flexibility index (Phi) is 3.79. The lowest BCUT2D eigenvalue weighted by Gasteiger charge is -2.04. The van der Waals surface area contributed by atoms with Gasteiger partial charge >= 0.3 is 0 Å². The van der Waals surface area contributed by atoms with Crippen LogP contribution in [0.2, 0.25) is 0 Å². The average molecular weight is 208 g/mol. The molecule has 0 spiro atoms. The molecule has 0 unspecified atom stereocenters. The largest absolute Gasteiger partial charge is 0.320 e. The zero-order valence-electron chi connectivity index (χ0n) is 8.40. The fourth-order valence-electron chi connectivity index (χ4n) is 1.18. The Morgan fingerprint density at radius 2 is 2.13 bits per heavy atom. The molecule has 15 heavy (non-hydrogen) atoms. The van der Waals surface area contributed by atoms with E-state index in [-0.39, 0.29) is 17.3 Å². The van der Waals surface area contributed by atoms with Gasteiger partial charge in [-0.1, -0.05) is 19.1 Å². The van der Waals surface area contributed by atoms with Gasteiger partial charge in [0, 0.05) is 12.5 Å². The Morgan fingerprint density at radius 3 is 2.73 bits per heavy atom. The maximum Gasteiger partial charge on any atom is 0.292 e. The number of para-hydroxylation sites is 2. The van der Waals surface area contributed by atoms with Crippen molar-refractivity contribution in [2.45, 2.75) is 19.8 Å². The van der Waals surface area contributed by atoms with Gasteiger partial charge in [0.25, 0.3) is 5.69 Å². The van der Waals surface area contributed by atoms with Crippen molar-refractivity contribution in [2.75, 3.05) is 5.32 Å². The number of anilines is 1. The lowest BCUT2D eigenvalue weighted by atomic mass is 10.2. The van der Waals surface area contributed by atoms with Crippen molar-refractivity contribution in [1.82, 2.24) is 0 Å². The molecule has 0 fully saturated rings. The zero-order chi connectivity index (χ0) is 11.3. The first kappa shape index (κ1) is 11.2. The minimum absolute atomic E-state index is 0.0815. The molecule has 0 bridgehead atoms. The highest BCUT2D eigenvalue weighted by molar-refractivity contribution is 5.92. The summed E-state index contributed by atoms with van der Waals surface area (Å²) in [4.78, 5) is 21.4. The van der Waals surface area contributed by atoms with E-state index in [2.05, 4.69) is 5.32 Å². The Labute approximate surface area is 87.3 Å². The number of nitrogens with one attached hydrogen (secondary N) is 1. The fourth-order valence-corrected chi connectivity index (χ4v) is 1.18. The van der Waals surface area contributed by atoms with Crippen molar-refractivity contribution in [2.24, 2.45) is 0 Å². The molecule has 1 aromatic carbocycles. The first-order valence-corrected chi connectivity index (χ1v) is 4.68. The van der Waals surface area contributed by atoms with Crippen LogP contribution < -0.4 is 5.32 Å². The van der Waals surface area contributed by atoms with Crippen LogP contribution in [0, 0.1) is 10.1 Å². The van der Waals surface area contributed by atoms with Crippen LogP contribution in [-0.4, -0.2) is 10.8 Å². The van der Waals surface area contributed by atoms with Gasteiger partial charge in [0.2, 0.25) is 5.91 Å². The zero-order valence-corrected chi connectivity index (χ0v) is 8.40. The van der Waals surface area contributed by atoms with Gasteiger partial charge in [-0.2, -0.15) is 0 Å². The average Bonchev–Trinajstić information content (AvgIpc) is 2.18. The number of hydrogen-bond donors (Lipinski definition) is 1. The summed E-state index contributed by atoms with van der Waals surface area (Å²) in [6, 6.07) is 6.09. The van der Waals surface area contributed by atoms with Gasteiger partial charge in [-0.05, 0) is 12.5 Å². The first-order chi connectivity index (χ1) is 7.15. The Balaban J connectivity index is 2.84. The molecule has 5 nitrogen and oxygen atoms in total. The summed E-state index contributed by atoms with van der Waals surface area (Å²) in [6.45, 7) is 1.87. The summed E-state index contributed by atoms with van der Waals surface area (Å²) >= 11 is 0. The van der Waals surface area contributed by atoms with Crippen LogP contribution in [0.3, 0.4) is 0 Å². The lowest BCUT2D eigenvalue weighted by molar-refractivity contribution is -0.383. The van der Waals surface area contributed by atoms with Crippen LogP contribution in [0.5, 0.6) is 0 Å². The molecule has 0 saturated carbocycles. The number of nitro groups is 1. The van der Waals surface area contributed by atoms with E-state index in [1.54, 1.807) is 12.1 Å². The summed E-state index contributed by atoms with van der Waals surface area (Å²) in [7, 11) is 0. The van der Waals surface area contributed by atoms with E-state index in [0.717, 1.165) is 0 Å². The van der Waals surface area contributed by atoms with Crippen LogP contribution in [-0.2, 0) is 4.79 Å². The molecule has 1 aromatic rings. The molecule has 0 aliphatic rings. The van der Waals surface area contributed by atoms with Gasteiger partial charge < -0.3 is 5.32 Å². The van der Waals surface area contributed by atoms with Crippen LogP contribution in [0.1, 0.15) is 19.8 Å². The lowest BCUT2D eigenvalue weighted by Crippen LogP contribution is -2.11. The molecule has 80 valence electrons. The monoisotopic (exact) mass is 208 g/mol. The van der Waals surface area contributed by atoms with Crippen LogP contribution in [0.4, 0.5) is 11.4 Å². The summed E-state index contributed by atoms with van der Waals surface area (Å²) < 4.78 is 0. The number of amides is 1. The third-order valence-corrected chi connectivity index (χ3v) is 1.85. The van der Waals surface area contributed by atoms with E-state index in [4.69, 9.17) is 0 Å². The van der Waals surface area contributed by atoms with E-state index in [1.807, 2.05) is 6.92 Å². The molecule has 0 aliphatic heterocycles. The Morgan fingerprint density at radius 1 is 1.47 bits per heavy atom. The molecule has 0 atom stereocenters. The Bertz CT molecular complexity index is 377. The Hall–Kier alpha value is -1.91. The summed E-state index contributed by atoms with van der Waals surface area (Å²) in [5.41, 5.74) is 0.169. The quantitative estimate of drug-likeness (QED) is 0.609. The highest BCUT2D eigenvalue weighted by atomic mass is 16.6. The van der Waals surface area contributed by atoms with Crippen LogP contribution in [0.25, 0.3) is 0 Å². The third kappa shape index (κ3) is 3.05. The van der Waals surface area contributed by atoms with Crippen molar-refractivity contribution in [1.29, 1.82) is 0 Å². The topological polar surface area (TPSA) is 72.2 Å². The van der Waals surface area contributed by atoms with E-state index < -0.39 is 4.92 Å². The second-order valence-corrected chi connectivity index (χ2v) is 3.07. The molecular weight excluding hydrogens is 196 g/mol. The van der Waals surface area contributed by atoms with Crippen molar-refractivity contribution >= 4 is 17.3 Å². The van der Waals surface area contributed by atoms with Crippen molar-refractivity contribution in [3.63, 3.8) is 0 Å². The normalized spacial score (nSPS) is 9.67. The second-order valence-electron chi connectivity index (χ2n) is 3.07. The van der Waals surface area contributed by atoms with E-state index >= 15 is 0 Å². The molecule has 1 N–H and O–H groups in total. The SMILES string of the molecule is CCCC(=O)Nc1ccccc1[N+](=O)[O-]. The first-order valence-electron chi connectivity index (χ1n) is 4.68. The van der Waals surface area contributed by atoms with E-state index in [1.165, 1.54) is 12.1 Å². The number of rotatable bonds is 4. The van der Waals surface area contributed by atoms with E-state index in [9.17, 15) is 14.9 Å². The van der Waals surface area contributed by atoms with Gasteiger partial charge in [0.15, 0.2) is 0 Å². The standard InChI is InChI=1S/C10H12N2O3/c1-2-5-10(13)11-8-6-3-4-7-9(8)12(14)15/h3-4,6-7H,2,5H2,1H3,(H,11,13). The summed E-state index contributed by atoms with van der Waals surface area (Å²) in [5.74, 6) is -0.202. The van der Waals surface area contributed by atoms with Crippen molar-refractivity contribution in [3.05, 3.63) is 34.4 Å². The molecule has 0 heterocycles. The fraction of sp³-hybridized carbons (Fsp3) is 0.300. The maximum absolute atomic E-state index is 11.3. The number of carbonyl (C=O) groups is 1. The molecule has 0 aromatic heterocycles. The van der Waals surface area contributed by atoms with Gasteiger partial charge in [-0.3, -0.25) is 14.9 Å². The molecule has 0 radical (unpaired) electrons. The van der Waals surface area contributed by atoms with Gasteiger partial charge in [-0.25, -0.2) is 0 Å². The number of nitrogens with zero attached hydrogens (tertiary/aromatic N) is 1. The maximum atomic E-state index is 11.3. The molecule has 1 rings (SSSR count). The van der Waals surface area contributed by atoms with Crippen molar-refractivity contribution in [3.8, 4) is 0 Å². The predicted octanol–water partition coefficient (Wildman–Crippen LogP) is 2.33. The second kappa shape index (κ2) is 5.09. The summed E-state index contributed by atoms with van der Waals surface area (Å²) in [5, 5.41) is 13.1. The smallest absolute Gasteiger partial charge is 0.292 e. The number of benzene rings is 1. The number of hydrogen-bond acceptors (Lipinski definition) is 3. The van der Waals surface area contributed by atoms with Crippen LogP contribution >= 0.6 is 0 Å². The van der Waals surface area contributed by atoms with Crippen LogP contribution in [0.15, 0.2) is 24.3 Å². The van der Waals surface area contributed by atoms with E-state index in [0.29, 0.717) is 12.8 Å². The predicted molar refractivity (Wildman–Crippen MR) is 56.6 cm³/mol. The molecule has 1 amide bonds. The molecule has 0 aliphatic carbocycles. The summed E-state index contributed by atoms with van der Waals surface area (Å²) in [6.07, 6.45) is 1.08. The van der Waals surface area contributed by atoms with Crippen molar-refractivity contribution < 1.29 is 9.72 Å². The molecule has 0 saturated heterocycles.